The van der Waals surface area contributed by atoms with Crippen molar-refractivity contribution in [2.75, 3.05) is 0 Å². The van der Waals surface area contributed by atoms with Crippen LogP contribution in [-0.2, 0) is 4.79 Å². The Balaban J connectivity index is 2.79. The zero-order chi connectivity index (χ0) is 14.4. The van der Waals surface area contributed by atoms with E-state index in [2.05, 4.69) is 19.2 Å². The van der Waals surface area contributed by atoms with Crippen molar-refractivity contribution < 1.29 is 4.79 Å². The second-order valence-corrected chi connectivity index (χ2v) is 5.87. The molecule has 0 aliphatic heterocycles. The molecule has 0 radical (unpaired) electrons. The van der Waals surface area contributed by atoms with Crippen LogP contribution in [0, 0.1) is 11.8 Å². The number of benzene rings is 1. The first-order chi connectivity index (χ1) is 8.91. The highest BCUT2D eigenvalue weighted by Crippen LogP contribution is 2.21. The molecule has 3 heteroatoms. The van der Waals surface area contributed by atoms with Crippen molar-refractivity contribution in [3.05, 3.63) is 35.9 Å². The van der Waals surface area contributed by atoms with Gasteiger partial charge in [-0.3, -0.25) is 4.79 Å². The Morgan fingerprint density at radius 1 is 1.16 bits per heavy atom. The first-order valence-corrected chi connectivity index (χ1v) is 7.02. The van der Waals surface area contributed by atoms with Gasteiger partial charge in [-0.25, -0.2) is 0 Å². The second-order valence-electron chi connectivity index (χ2n) is 5.87. The molecule has 0 aromatic heterocycles. The van der Waals surface area contributed by atoms with E-state index in [9.17, 15) is 4.79 Å². The predicted molar refractivity (Wildman–Crippen MR) is 79.6 cm³/mol. The first kappa shape index (κ1) is 15.7. The summed E-state index contributed by atoms with van der Waals surface area (Å²) < 4.78 is 0. The molecule has 1 unspecified atom stereocenters. The molecule has 106 valence electrons. The summed E-state index contributed by atoms with van der Waals surface area (Å²) in [5.41, 5.74) is 7.04. The highest BCUT2D eigenvalue weighted by molar-refractivity contribution is 5.82. The van der Waals surface area contributed by atoms with Crippen LogP contribution >= 0.6 is 0 Å². The monoisotopic (exact) mass is 262 g/mol. The summed E-state index contributed by atoms with van der Waals surface area (Å²) in [6, 6.07) is 9.67. The summed E-state index contributed by atoms with van der Waals surface area (Å²) >= 11 is 0. The van der Waals surface area contributed by atoms with Gasteiger partial charge in [0.05, 0.1) is 12.1 Å². The number of nitrogens with two attached hydrogens (primary N) is 1. The molecule has 0 fully saturated rings. The molecule has 1 rings (SSSR count). The minimum Gasteiger partial charge on any atom is -0.348 e. The number of carbonyl (C=O) groups excluding carboxylic acids is 1. The maximum Gasteiger partial charge on any atom is 0.237 e. The van der Waals surface area contributed by atoms with Gasteiger partial charge in [-0.2, -0.15) is 0 Å². The molecule has 1 amide bonds. The van der Waals surface area contributed by atoms with E-state index in [1.807, 2.05) is 44.2 Å². The van der Waals surface area contributed by atoms with E-state index >= 15 is 0 Å². The Morgan fingerprint density at radius 3 is 2.21 bits per heavy atom. The van der Waals surface area contributed by atoms with Crippen LogP contribution in [-0.4, -0.2) is 11.9 Å². The predicted octanol–water partition coefficient (Wildman–Crippen LogP) is 2.87. The van der Waals surface area contributed by atoms with Crippen LogP contribution in [0.2, 0.25) is 0 Å². The summed E-state index contributed by atoms with van der Waals surface area (Å²) in [7, 11) is 0. The Labute approximate surface area is 116 Å². The fraction of sp³-hybridized carbons (Fsp3) is 0.562. The number of rotatable bonds is 6. The van der Waals surface area contributed by atoms with Crippen molar-refractivity contribution in [2.24, 2.45) is 17.6 Å². The molecular formula is C16H26N2O. The average molecular weight is 262 g/mol. The summed E-state index contributed by atoms with van der Waals surface area (Å²) in [4.78, 5) is 12.1. The zero-order valence-electron chi connectivity index (χ0n) is 12.4. The minimum atomic E-state index is -0.446. The number of hydrogen-bond donors (Lipinski definition) is 2. The maximum atomic E-state index is 12.1. The lowest BCUT2D eigenvalue weighted by atomic mass is 9.96. The maximum absolute atomic E-state index is 12.1. The average Bonchev–Trinajstić information content (AvgIpc) is 2.37. The van der Waals surface area contributed by atoms with E-state index in [0.717, 1.165) is 12.0 Å². The molecule has 0 aliphatic carbocycles. The number of carbonyl (C=O) groups is 1. The molecule has 3 N–H and O–H groups in total. The van der Waals surface area contributed by atoms with E-state index in [-0.39, 0.29) is 17.9 Å². The fourth-order valence-electron chi connectivity index (χ4n) is 2.01. The Morgan fingerprint density at radius 2 is 1.74 bits per heavy atom. The van der Waals surface area contributed by atoms with Crippen molar-refractivity contribution >= 4 is 5.91 Å². The molecule has 0 spiro atoms. The number of hydrogen-bond acceptors (Lipinski definition) is 2. The van der Waals surface area contributed by atoms with E-state index in [1.54, 1.807) is 0 Å². The summed E-state index contributed by atoms with van der Waals surface area (Å²) in [6.07, 6.45) is 0.917. The molecule has 0 heterocycles. The van der Waals surface area contributed by atoms with Crippen molar-refractivity contribution in [1.29, 1.82) is 0 Å². The van der Waals surface area contributed by atoms with Gasteiger partial charge in [0, 0.05) is 0 Å². The minimum absolute atomic E-state index is 0.0403. The van der Waals surface area contributed by atoms with Gasteiger partial charge >= 0.3 is 0 Å². The van der Waals surface area contributed by atoms with Crippen LogP contribution in [0.15, 0.2) is 30.3 Å². The zero-order valence-corrected chi connectivity index (χ0v) is 12.4. The van der Waals surface area contributed by atoms with E-state index in [4.69, 9.17) is 5.73 Å². The Kier molecular flexibility index (Phi) is 6.03. The first-order valence-electron chi connectivity index (χ1n) is 7.02. The second kappa shape index (κ2) is 7.29. The van der Waals surface area contributed by atoms with E-state index < -0.39 is 6.04 Å². The third-order valence-electron chi connectivity index (χ3n) is 3.25. The van der Waals surface area contributed by atoms with Crippen LogP contribution in [0.4, 0.5) is 0 Å². The Hall–Kier alpha value is -1.35. The van der Waals surface area contributed by atoms with Crippen LogP contribution < -0.4 is 11.1 Å². The van der Waals surface area contributed by atoms with Crippen molar-refractivity contribution in [3.63, 3.8) is 0 Å². The third kappa shape index (κ3) is 5.03. The van der Waals surface area contributed by atoms with Gasteiger partial charge < -0.3 is 11.1 Å². The lowest BCUT2D eigenvalue weighted by Crippen LogP contribution is -2.45. The molecular weight excluding hydrogens is 236 g/mol. The third-order valence-corrected chi connectivity index (χ3v) is 3.25. The standard InChI is InChI=1S/C16H26N2O/c1-11(2)10-14(13-8-6-5-7-9-13)18-16(19)15(17)12(3)4/h5-9,11-12,14-15H,10,17H2,1-4H3,(H,18,19)/t14?,15-/m1/s1. The van der Waals surface area contributed by atoms with Crippen molar-refractivity contribution in [1.82, 2.24) is 5.32 Å². The van der Waals surface area contributed by atoms with Gasteiger partial charge in [0.25, 0.3) is 0 Å². The number of nitrogens with one attached hydrogen (secondary N) is 1. The molecule has 1 aromatic rings. The molecule has 0 aliphatic rings. The van der Waals surface area contributed by atoms with Crippen molar-refractivity contribution in [3.8, 4) is 0 Å². The quantitative estimate of drug-likeness (QED) is 0.828. The lowest BCUT2D eigenvalue weighted by molar-refractivity contribution is -0.124. The molecule has 0 saturated heterocycles. The van der Waals surface area contributed by atoms with Crippen molar-refractivity contribution in [2.45, 2.75) is 46.2 Å². The summed E-state index contributed by atoms with van der Waals surface area (Å²) in [6.45, 7) is 8.24. The highest BCUT2D eigenvalue weighted by Gasteiger charge is 2.22. The van der Waals surface area contributed by atoms with Crippen LogP contribution in [0.3, 0.4) is 0 Å². The largest absolute Gasteiger partial charge is 0.348 e. The van der Waals surface area contributed by atoms with Gasteiger partial charge in [-0.05, 0) is 23.8 Å². The molecule has 1 aromatic carbocycles. The van der Waals surface area contributed by atoms with E-state index in [1.165, 1.54) is 0 Å². The molecule has 2 atom stereocenters. The van der Waals surface area contributed by atoms with Gasteiger partial charge in [-0.1, -0.05) is 58.0 Å². The summed E-state index contributed by atoms with van der Waals surface area (Å²) in [5.74, 6) is 0.598. The Bertz CT molecular complexity index is 387. The SMILES string of the molecule is CC(C)CC(NC(=O)[C@H](N)C(C)C)c1ccccc1. The molecule has 19 heavy (non-hydrogen) atoms. The normalized spacial score (nSPS) is 14.5. The van der Waals surface area contributed by atoms with Crippen LogP contribution in [0.1, 0.15) is 45.7 Å². The van der Waals surface area contributed by atoms with E-state index in [0.29, 0.717) is 5.92 Å². The van der Waals surface area contributed by atoms with Gasteiger partial charge in [0.15, 0.2) is 0 Å². The van der Waals surface area contributed by atoms with Crippen LogP contribution in [0.5, 0.6) is 0 Å². The molecule has 0 saturated carbocycles. The van der Waals surface area contributed by atoms with Gasteiger partial charge in [0.2, 0.25) is 5.91 Å². The van der Waals surface area contributed by atoms with Gasteiger partial charge in [-0.15, -0.1) is 0 Å². The highest BCUT2D eigenvalue weighted by atomic mass is 16.2. The fourth-order valence-corrected chi connectivity index (χ4v) is 2.01. The summed E-state index contributed by atoms with van der Waals surface area (Å²) in [5, 5.41) is 3.08. The smallest absolute Gasteiger partial charge is 0.237 e. The van der Waals surface area contributed by atoms with Gasteiger partial charge in [0.1, 0.15) is 0 Å². The molecule has 0 bridgehead atoms. The number of amides is 1. The molecule has 3 nitrogen and oxygen atoms in total. The topological polar surface area (TPSA) is 55.1 Å². The lowest BCUT2D eigenvalue weighted by Gasteiger charge is -2.24. The van der Waals surface area contributed by atoms with Crippen LogP contribution in [0.25, 0.3) is 0 Å².